The lowest BCUT2D eigenvalue weighted by Gasteiger charge is -2.34. The fourth-order valence-electron chi connectivity index (χ4n) is 3.71. The average molecular weight is 434 g/mol. The monoisotopic (exact) mass is 433 g/mol. The molecule has 2 aromatic heterocycles. The van der Waals surface area contributed by atoms with Gasteiger partial charge in [-0.2, -0.15) is 0 Å². The molecule has 3 heterocycles. The quantitative estimate of drug-likeness (QED) is 0.567. The molecule has 8 heteroatoms. The van der Waals surface area contributed by atoms with Crippen molar-refractivity contribution in [1.29, 1.82) is 0 Å². The molecule has 32 heavy (non-hydrogen) atoms. The van der Waals surface area contributed by atoms with Crippen molar-refractivity contribution in [1.82, 2.24) is 20.1 Å². The Balaban J connectivity index is 1.26. The standard InChI is InChI=1S/C24H27N5O3/c30-23(18-29-13-11-28(12-14-29)17-19-7-9-25-10-8-19)27-22-6-2-1-5-21(22)24(31)26-16-20-4-3-15-32-20/h1-10,15H,11-14,16-18H2,(H,26,31)(H,27,30). The van der Waals surface area contributed by atoms with E-state index in [0.717, 1.165) is 32.7 Å². The number of aromatic nitrogens is 1. The van der Waals surface area contributed by atoms with Crippen LogP contribution in [0.15, 0.2) is 71.6 Å². The summed E-state index contributed by atoms with van der Waals surface area (Å²) >= 11 is 0. The third-order valence-electron chi connectivity index (χ3n) is 5.44. The van der Waals surface area contributed by atoms with Crippen molar-refractivity contribution >= 4 is 17.5 Å². The molecule has 0 spiro atoms. The summed E-state index contributed by atoms with van der Waals surface area (Å²) in [7, 11) is 0. The molecule has 4 rings (SSSR count). The summed E-state index contributed by atoms with van der Waals surface area (Å²) in [4.78, 5) is 33.8. The Morgan fingerprint density at radius 3 is 2.44 bits per heavy atom. The number of pyridine rings is 1. The summed E-state index contributed by atoms with van der Waals surface area (Å²) in [5.74, 6) is 0.281. The van der Waals surface area contributed by atoms with Crippen LogP contribution in [0.5, 0.6) is 0 Å². The minimum absolute atomic E-state index is 0.126. The lowest BCUT2D eigenvalue weighted by molar-refractivity contribution is -0.117. The highest BCUT2D eigenvalue weighted by Gasteiger charge is 2.20. The lowest BCUT2D eigenvalue weighted by Crippen LogP contribution is -2.48. The van der Waals surface area contributed by atoms with E-state index in [1.165, 1.54) is 5.56 Å². The molecule has 0 aliphatic carbocycles. The molecule has 2 N–H and O–H groups in total. The van der Waals surface area contributed by atoms with Gasteiger partial charge in [-0.1, -0.05) is 12.1 Å². The molecule has 1 fully saturated rings. The maximum absolute atomic E-state index is 12.7. The summed E-state index contributed by atoms with van der Waals surface area (Å²) in [6.07, 6.45) is 5.19. The summed E-state index contributed by atoms with van der Waals surface area (Å²) < 4.78 is 5.24. The van der Waals surface area contributed by atoms with Crippen LogP contribution < -0.4 is 10.6 Å². The van der Waals surface area contributed by atoms with Crippen molar-refractivity contribution in [3.05, 3.63) is 84.1 Å². The average Bonchev–Trinajstić information content (AvgIpc) is 3.34. The van der Waals surface area contributed by atoms with Crippen LogP contribution in [-0.2, 0) is 17.9 Å². The zero-order valence-electron chi connectivity index (χ0n) is 17.9. The normalized spacial score (nSPS) is 14.8. The number of anilines is 1. The van der Waals surface area contributed by atoms with Gasteiger partial charge in [0.05, 0.1) is 30.6 Å². The van der Waals surface area contributed by atoms with Crippen LogP contribution in [-0.4, -0.2) is 59.3 Å². The predicted molar refractivity (Wildman–Crippen MR) is 121 cm³/mol. The molecular formula is C24H27N5O3. The van der Waals surface area contributed by atoms with E-state index < -0.39 is 0 Å². The van der Waals surface area contributed by atoms with Crippen LogP contribution in [0.3, 0.4) is 0 Å². The van der Waals surface area contributed by atoms with Crippen LogP contribution in [0, 0.1) is 0 Å². The van der Waals surface area contributed by atoms with Gasteiger partial charge in [0.1, 0.15) is 5.76 Å². The van der Waals surface area contributed by atoms with Gasteiger partial charge in [0.15, 0.2) is 0 Å². The van der Waals surface area contributed by atoms with Gasteiger partial charge in [-0.05, 0) is 42.0 Å². The number of carbonyl (C=O) groups excluding carboxylic acids is 2. The molecule has 0 bridgehead atoms. The summed E-state index contributed by atoms with van der Waals surface area (Å²) in [5, 5.41) is 5.71. The fraction of sp³-hybridized carbons (Fsp3) is 0.292. The number of rotatable bonds is 8. The van der Waals surface area contributed by atoms with Crippen LogP contribution in [0.2, 0.25) is 0 Å². The van der Waals surface area contributed by atoms with Crippen molar-refractivity contribution in [3.63, 3.8) is 0 Å². The highest BCUT2D eigenvalue weighted by molar-refractivity contribution is 6.04. The van der Waals surface area contributed by atoms with E-state index >= 15 is 0 Å². The van der Waals surface area contributed by atoms with E-state index in [-0.39, 0.29) is 18.4 Å². The zero-order valence-corrected chi connectivity index (χ0v) is 17.9. The molecule has 3 aromatic rings. The zero-order chi connectivity index (χ0) is 22.2. The van der Waals surface area contributed by atoms with Crippen LogP contribution >= 0.6 is 0 Å². The second kappa shape index (κ2) is 10.7. The van der Waals surface area contributed by atoms with Gasteiger partial charge in [-0.3, -0.25) is 24.4 Å². The van der Waals surface area contributed by atoms with Crippen molar-refractivity contribution in [2.75, 3.05) is 38.0 Å². The van der Waals surface area contributed by atoms with Crippen molar-refractivity contribution in [2.24, 2.45) is 0 Å². The molecular weight excluding hydrogens is 406 g/mol. The number of nitrogens with zero attached hydrogens (tertiary/aromatic N) is 3. The first-order chi connectivity index (χ1) is 15.7. The van der Waals surface area contributed by atoms with Gasteiger partial charge in [0.25, 0.3) is 5.91 Å². The maximum atomic E-state index is 12.7. The Morgan fingerprint density at radius 2 is 1.69 bits per heavy atom. The van der Waals surface area contributed by atoms with Gasteiger partial charge < -0.3 is 15.1 Å². The smallest absolute Gasteiger partial charge is 0.253 e. The molecule has 0 unspecified atom stereocenters. The number of para-hydroxylation sites is 1. The van der Waals surface area contributed by atoms with E-state index in [1.54, 1.807) is 42.7 Å². The minimum atomic E-state index is -0.262. The number of hydrogen-bond acceptors (Lipinski definition) is 6. The Bertz CT molecular complexity index is 1020. The Kier molecular flexibility index (Phi) is 7.27. The molecule has 8 nitrogen and oxygen atoms in total. The number of piperazine rings is 1. The number of amides is 2. The molecule has 0 atom stereocenters. The number of furan rings is 1. The van der Waals surface area contributed by atoms with Gasteiger partial charge in [0.2, 0.25) is 5.91 Å². The summed E-state index contributed by atoms with van der Waals surface area (Å²) in [5.41, 5.74) is 2.17. The number of carbonyl (C=O) groups is 2. The lowest BCUT2D eigenvalue weighted by atomic mass is 10.1. The fourth-order valence-corrected chi connectivity index (χ4v) is 3.71. The first-order valence-corrected chi connectivity index (χ1v) is 10.7. The van der Waals surface area contributed by atoms with Gasteiger partial charge in [0, 0.05) is 45.1 Å². The molecule has 1 aromatic carbocycles. The van der Waals surface area contributed by atoms with Crippen molar-refractivity contribution < 1.29 is 14.0 Å². The maximum Gasteiger partial charge on any atom is 0.253 e. The van der Waals surface area contributed by atoms with E-state index in [4.69, 9.17) is 4.42 Å². The molecule has 1 saturated heterocycles. The van der Waals surface area contributed by atoms with Crippen LogP contribution in [0.4, 0.5) is 5.69 Å². The van der Waals surface area contributed by atoms with Gasteiger partial charge in [-0.15, -0.1) is 0 Å². The number of hydrogen-bond donors (Lipinski definition) is 2. The molecule has 2 amide bonds. The van der Waals surface area contributed by atoms with E-state index in [0.29, 0.717) is 23.6 Å². The summed E-state index contributed by atoms with van der Waals surface area (Å²) in [6, 6.07) is 14.6. The SMILES string of the molecule is O=C(CN1CCN(Cc2ccncc2)CC1)Nc1ccccc1C(=O)NCc1ccco1. The van der Waals surface area contributed by atoms with Gasteiger partial charge in [-0.25, -0.2) is 0 Å². The Labute approximate surface area is 187 Å². The molecule has 1 aliphatic rings. The molecule has 0 saturated carbocycles. The second-order valence-electron chi connectivity index (χ2n) is 7.76. The second-order valence-corrected chi connectivity index (χ2v) is 7.76. The largest absolute Gasteiger partial charge is 0.467 e. The number of benzene rings is 1. The molecule has 1 aliphatic heterocycles. The van der Waals surface area contributed by atoms with Crippen LogP contribution in [0.25, 0.3) is 0 Å². The first-order valence-electron chi connectivity index (χ1n) is 10.7. The van der Waals surface area contributed by atoms with Crippen LogP contribution in [0.1, 0.15) is 21.7 Å². The third-order valence-corrected chi connectivity index (χ3v) is 5.44. The van der Waals surface area contributed by atoms with E-state index in [9.17, 15) is 9.59 Å². The van der Waals surface area contributed by atoms with E-state index in [2.05, 4.69) is 25.4 Å². The topological polar surface area (TPSA) is 90.7 Å². The van der Waals surface area contributed by atoms with E-state index in [1.807, 2.05) is 24.5 Å². The Morgan fingerprint density at radius 1 is 0.938 bits per heavy atom. The van der Waals surface area contributed by atoms with Gasteiger partial charge >= 0.3 is 0 Å². The van der Waals surface area contributed by atoms with Crippen molar-refractivity contribution in [3.8, 4) is 0 Å². The molecule has 0 radical (unpaired) electrons. The first kappa shape index (κ1) is 21.7. The van der Waals surface area contributed by atoms with Crippen molar-refractivity contribution in [2.45, 2.75) is 13.1 Å². The highest BCUT2D eigenvalue weighted by Crippen LogP contribution is 2.16. The third kappa shape index (κ3) is 6.03. The predicted octanol–water partition coefficient (Wildman–Crippen LogP) is 2.36. The molecule has 166 valence electrons. The minimum Gasteiger partial charge on any atom is -0.467 e. The highest BCUT2D eigenvalue weighted by atomic mass is 16.3. The summed E-state index contributed by atoms with van der Waals surface area (Å²) in [6.45, 7) is 4.93. The number of nitrogens with one attached hydrogen (secondary N) is 2. The Hall–Kier alpha value is -3.49.